The molecule has 0 amide bonds. The Morgan fingerprint density at radius 2 is 1.79 bits per heavy atom. The van der Waals surface area contributed by atoms with Crippen molar-refractivity contribution in [1.82, 2.24) is 10.2 Å². The zero-order valence-corrected chi connectivity index (χ0v) is 8.48. The molecule has 0 unspecified atom stereocenters. The molecule has 0 aliphatic heterocycles. The van der Waals surface area contributed by atoms with Crippen molar-refractivity contribution >= 4 is 5.82 Å². The van der Waals surface area contributed by atoms with Gasteiger partial charge in [0.05, 0.1) is 5.69 Å². The van der Waals surface area contributed by atoms with Gasteiger partial charge in [0.25, 0.3) is 0 Å². The van der Waals surface area contributed by atoms with E-state index in [4.69, 9.17) is 11.5 Å². The zero-order chi connectivity index (χ0) is 10.4. The maximum Gasteiger partial charge on any atom is 0.151 e. The SMILES string of the molecule is Cc1ccc(N(CCN)CCN)nn1. The second kappa shape index (κ2) is 5.51. The molecular formula is C9H17N5. The molecule has 4 N–H and O–H groups in total. The summed E-state index contributed by atoms with van der Waals surface area (Å²) in [6, 6.07) is 3.87. The standard InChI is InChI=1S/C9H17N5/c1-8-2-3-9(13-12-8)14(6-4-10)7-5-11/h2-3H,4-7,10-11H2,1H3. The van der Waals surface area contributed by atoms with Crippen LogP contribution in [0, 0.1) is 6.92 Å². The molecule has 0 saturated carbocycles. The minimum atomic E-state index is 0.593. The molecule has 5 heteroatoms. The van der Waals surface area contributed by atoms with Gasteiger partial charge >= 0.3 is 0 Å². The Balaban J connectivity index is 2.71. The lowest BCUT2D eigenvalue weighted by molar-refractivity contribution is 0.756. The fraction of sp³-hybridized carbons (Fsp3) is 0.556. The van der Waals surface area contributed by atoms with Crippen LogP contribution in [0.5, 0.6) is 0 Å². The third-order valence-electron chi connectivity index (χ3n) is 1.91. The van der Waals surface area contributed by atoms with Crippen LogP contribution >= 0.6 is 0 Å². The molecule has 78 valence electrons. The smallest absolute Gasteiger partial charge is 0.151 e. The third-order valence-corrected chi connectivity index (χ3v) is 1.91. The molecule has 0 aliphatic rings. The summed E-state index contributed by atoms with van der Waals surface area (Å²) in [5.41, 5.74) is 11.9. The topological polar surface area (TPSA) is 81.1 Å². The molecule has 0 aliphatic carbocycles. The summed E-state index contributed by atoms with van der Waals surface area (Å²) >= 11 is 0. The molecule has 1 heterocycles. The van der Waals surface area contributed by atoms with Gasteiger partial charge in [-0.1, -0.05) is 0 Å². The van der Waals surface area contributed by atoms with E-state index in [0.29, 0.717) is 13.1 Å². The van der Waals surface area contributed by atoms with Crippen molar-refractivity contribution in [2.75, 3.05) is 31.1 Å². The van der Waals surface area contributed by atoms with Crippen molar-refractivity contribution in [2.24, 2.45) is 11.5 Å². The molecule has 5 nitrogen and oxygen atoms in total. The highest BCUT2D eigenvalue weighted by molar-refractivity contribution is 5.37. The fourth-order valence-corrected chi connectivity index (χ4v) is 1.21. The molecule has 14 heavy (non-hydrogen) atoms. The summed E-state index contributed by atoms with van der Waals surface area (Å²) in [5, 5.41) is 8.07. The predicted molar refractivity (Wildman–Crippen MR) is 57.1 cm³/mol. The van der Waals surface area contributed by atoms with E-state index in [1.807, 2.05) is 24.0 Å². The first-order valence-corrected chi connectivity index (χ1v) is 4.73. The van der Waals surface area contributed by atoms with Crippen LogP contribution in [0.25, 0.3) is 0 Å². The second-order valence-corrected chi connectivity index (χ2v) is 3.10. The Morgan fingerprint density at radius 1 is 1.14 bits per heavy atom. The lowest BCUT2D eigenvalue weighted by atomic mass is 10.4. The molecule has 0 atom stereocenters. The van der Waals surface area contributed by atoms with Crippen LogP contribution in [0.3, 0.4) is 0 Å². The van der Waals surface area contributed by atoms with E-state index in [1.165, 1.54) is 0 Å². The zero-order valence-electron chi connectivity index (χ0n) is 8.48. The minimum absolute atomic E-state index is 0.593. The summed E-state index contributed by atoms with van der Waals surface area (Å²) < 4.78 is 0. The van der Waals surface area contributed by atoms with E-state index < -0.39 is 0 Å². The second-order valence-electron chi connectivity index (χ2n) is 3.10. The molecule has 0 radical (unpaired) electrons. The highest BCUT2D eigenvalue weighted by atomic mass is 15.3. The van der Waals surface area contributed by atoms with Gasteiger partial charge in [-0.3, -0.25) is 0 Å². The van der Waals surface area contributed by atoms with E-state index in [9.17, 15) is 0 Å². The Hall–Kier alpha value is -1.20. The number of rotatable bonds is 5. The van der Waals surface area contributed by atoms with Crippen LogP contribution in [0.4, 0.5) is 5.82 Å². The number of anilines is 1. The summed E-state index contributed by atoms with van der Waals surface area (Å²) in [4.78, 5) is 2.03. The van der Waals surface area contributed by atoms with Crippen LogP contribution in [0.2, 0.25) is 0 Å². The van der Waals surface area contributed by atoms with Crippen LogP contribution in [0.15, 0.2) is 12.1 Å². The number of nitrogens with zero attached hydrogens (tertiary/aromatic N) is 3. The van der Waals surface area contributed by atoms with Gasteiger partial charge in [-0.2, -0.15) is 5.10 Å². The first-order chi connectivity index (χ1) is 6.77. The van der Waals surface area contributed by atoms with Gasteiger partial charge in [0.2, 0.25) is 0 Å². The summed E-state index contributed by atoms with van der Waals surface area (Å²) in [6.07, 6.45) is 0. The van der Waals surface area contributed by atoms with Crippen molar-refractivity contribution in [3.05, 3.63) is 17.8 Å². The van der Waals surface area contributed by atoms with Gasteiger partial charge < -0.3 is 16.4 Å². The maximum absolute atomic E-state index is 5.50. The average Bonchev–Trinajstić information content (AvgIpc) is 2.19. The number of nitrogens with two attached hydrogens (primary N) is 2. The van der Waals surface area contributed by atoms with Gasteiger partial charge in [-0.25, -0.2) is 0 Å². The molecule has 0 saturated heterocycles. The predicted octanol–water partition coefficient (Wildman–Crippen LogP) is -0.491. The largest absolute Gasteiger partial charge is 0.353 e. The molecule has 0 bridgehead atoms. The van der Waals surface area contributed by atoms with E-state index in [2.05, 4.69) is 10.2 Å². The highest BCUT2D eigenvalue weighted by Gasteiger charge is 2.05. The van der Waals surface area contributed by atoms with Gasteiger partial charge in [0, 0.05) is 26.2 Å². The normalized spacial score (nSPS) is 10.2. The van der Waals surface area contributed by atoms with E-state index in [-0.39, 0.29) is 0 Å². The van der Waals surface area contributed by atoms with Crippen LogP contribution < -0.4 is 16.4 Å². The molecule has 0 aromatic carbocycles. The molecule has 1 rings (SSSR count). The first kappa shape index (κ1) is 10.9. The third kappa shape index (κ3) is 2.93. The molecule has 0 spiro atoms. The summed E-state index contributed by atoms with van der Waals surface area (Å²) in [6.45, 7) is 4.61. The molecule has 0 fully saturated rings. The molecule has 1 aromatic heterocycles. The number of hydrogen-bond acceptors (Lipinski definition) is 5. The monoisotopic (exact) mass is 195 g/mol. The number of aryl methyl sites for hydroxylation is 1. The van der Waals surface area contributed by atoms with E-state index >= 15 is 0 Å². The van der Waals surface area contributed by atoms with Crippen molar-refractivity contribution in [3.8, 4) is 0 Å². The maximum atomic E-state index is 5.50. The fourth-order valence-electron chi connectivity index (χ4n) is 1.21. The average molecular weight is 195 g/mol. The quantitative estimate of drug-likeness (QED) is 0.662. The Morgan fingerprint density at radius 3 is 2.21 bits per heavy atom. The Labute approximate surface area is 84.1 Å². The van der Waals surface area contributed by atoms with Crippen LogP contribution in [-0.4, -0.2) is 36.4 Å². The number of aromatic nitrogens is 2. The summed E-state index contributed by atoms with van der Waals surface area (Å²) in [5.74, 6) is 0.839. The van der Waals surface area contributed by atoms with Gasteiger partial charge in [0.1, 0.15) is 0 Å². The van der Waals surface area contributed by atoms with Gasteiger partial charge in [-0.05, 0) is 19.1 Å². The first-order valence-electron chi connectivity index (χ1n) is 4.73. The summed E-state index contributed by atoms with van der Waals surface area (Å²) in [7, 11) is 0. The Kier molecular flexibility index (Phi) is 4.28. The van der Waals surface area contributed by atoms with Crippen molar-refractivity contribution < 1.29 is 0 Å². The van der Waals surface area contributed by atoms with Crippen molar-refractivity contribution in [3.63, 3.8) is 0 Å². The van der Waals surface area contributed by atoms with Crippen LogP contribution in [0.1, 0.15) is 5.69 Å². The minimum Gasteiger partial charge on any atom is -0.353 e. The van der Waals surface area contributed by atoms with Crippen molar-refractivity contribution in [1.29, 1.82) is 0 Å². The van der Waals surface area contributed by atoms with Crippen LogP contribution in [-0.2, 0) is 0 Å². The highest BCUT2D eigenvalue weighted by Crippen LogP contribution is 2.07. The Bertz CT molecular complexity index is 252. The molecular weight excluding hydrogens is 178 g/mol. The molecule has 1 aromatic rings. The van der Waals surface area contributed by atoms with E-state index in [0.717, 1.165) is 24.6 Å². The van der Waals surface area contributed by atoms with Crippen molar-refractivity contribution in [2.45, 2.75) is 6.92 Å². The van der Waals surface area contributed by atoms with Gasteiger partial charge in [-0.15, -0.1) is 5.10 Å². The lowest BCUT2D eigenvalue weighted by Gasteiger charge is -2.21. The van der Waals surface area contributed by atoms with Gasteiger partial charge in [0.15, 0.2) is 5.82 Å². The number of hydrogen-bond donors (Lipinski definition) is 2. The van der Waals surface area contributed by atoms with E-state index in [1.54, 1.807) is 0 Å². The lowest BCUT2D eigenvalue weighted by Crippen LogP contribution is -2.34.